The number of halogens is 1. The SMILES string of the molecule is COc1ccc2c(c1)CC(C(=O)Nc1ccc(N)nc1)CO2.Cl. The summed E-state index contributed by atoms with van der Waals surface area (Å²) in [5.41, 5.74) is 7.12. The van der Waals surface area contributed by atoms with Gasteiger partial charge in [-0.15, -0.1) is 12.4 Å². The number of ether oxygens (including phenoxy) is 2. The molecule has 1 aliphatic heterocycles. The molecule has 0 spiro atoms. The van der Waals surface area contributed by atoms with E-state index in [2.05, 4.69) is 10.3 Å². The molecular weight excluding hydrogens is 318 g/mol. The molecule has 3 rings (SSSR count). The van der Waals surface area contributed by atoms with Gasteiger partial charge in [0.1, 0.15) is 23.9 Å². The highest BCUT2D eigenvalue weighted by Crippen LogP contribution is 2.31. The van der Waals surface area contributed by atoms with Crippen LogP contribution in [0.15, 0.2) is 36.5 Å². The van der Waals surface area contributed by atoms with Gasteiger partial charge in [0.25, 0.3) is 0 Å². The molecular formula is C16H18ClN3O3. The number of nitrogens with zero attached hydrogens (tertiary/aromatic N) is 1. The maximum atomic E-state index is 12.3. The van der Waals surface area contributed by atoms with Gasteiger partial charge in [-0.05, 0) is 42.3 Å². The fraction of sp³-hybridized carbons (Fsp3) is 0.250. The number of nitrogens with one attached hydrogen (secondary N) is 1. The molecule has 23 heavy (non-hydrogen) atoms. The van der Waals surface area contributed by atoms with Crippen molar-refractivity contribution in [2.24, 2.45) is 5.92 Å². The summed E-state index contributed by atoms with van der Waals surface area (Å²) >= 11 is 0. The Bertz CT molecular complexity index is 691. The molecule has 122 valence electrons. The first-order valence-electron chi connectivity index (χ1n) is 6.98. The van der Waals surface area contributed by atoms with Gasteiger partial charge in [0.2, 0.25) is 5.91 Å². The van der Waals surface area contributed by atoms with Crippen molar-refractivity contribution in [1.29, 1.82) is 0 Å². The number of hydrogen-bond acceptors (Lipinski definition) is 5. The maximum Gasteiger partial charge on any atom is 0.231 e. The molecule has 0 aliphatic carbocycles. The van der Waals surface area contributed by atoms with Gasteiger partial charge in [0.05, 0.1) is 24.9 Å². The van der Waals surface area contributed by atoms with Crippen LogP contribution in [0.2, 0.25) is 0 Å². The summed E-state index contributed by atoms with van der Waals surface area (Å²) in [6, 6.07) is 8.99. The highest BCUT2D eigenvalue weighted by atomic mass is 35.5. The summed E-state index contributed by atoms with van der Waals surface area (Å²) in [5, 5.41) is 2.83. The lowest BCUT2D eigenvalue weighted by Gasteiger charge is -2.25. The Balaban J connectivity index is 0.00000192. The number of pyridine rings is 1. The number of nitrogens with two attached hydrogens (primary N) is 1. The Labute approximate surface area is 140 Å². The van der Waals surface area contributed by atoms with Crippen LogP contribution in [0.1, 0.15) is 5.56 Å². The Morgan fingerprint density at radius 1 is 1.39 bits per heavy atom. The van der Waals surface area contributed by atoms with Gasteiger partial charge in [-0.1, -0.05) is 0 Å². The van der Waals surface area contributed by atoms with E-state index >= 15 is 0 Å². The van der Waals surface area contributed by atoms with Crippen LogP contribution in [-0.4, -0.2) is 24.6 Å². The molecule has 0 saturated carbocycles. The number of benzene rings is 1. The molecule has 0 saturated heterocycles. The van der Waals surface area contributed by atoms with Crippen molar-refractivity contribution in [2.45, 2.75) is 6.42 Å². The van der Waals surface area contributed by atoms with Gasteiger partial charge in [0.15, 0.2) is 0 Å². The van der Waals surface area contributed by atoms with Gasteiger partial charge in [-0.2, -0.15) is 0 Å². The number of amides is 1. The molecule has 1 aliphatic rings. The molecule has 6 nitrogen and oxygen atoms in total. The Kier molecular flexibility index (Phi) is 5.28. The molecule has 1 aromatic carbocycles. The molecule has 1 atom stereocenters. The first-order chi connectivity index (χ1) is 10.7. The van der Waals surface area contributed by atoms with Gasteiger partial charge in [0, 0.05) is 0 Å². The molecule has 0 bridgehead atoms. The summed E-state index contributed by atoms with van der Waals surface area (Å²) in [6.07, 6.45) is 2.15. The summed E-state index contributed by atoms with van der Waals surface area (Å²) in [7, 11) is 1.61. The normalized spacial score (nSPS) is 15.6. The van der Waals surface area contributed by atoms with E-state index in [9.17, 15) is 4.79 Å². The molecule has 2 heterocycles. The molecule has 2 aromatic rings. The van der Waals surface area contributed by atoms with E-state index in [0.717, 1.165) is 17.1 Å². The van der Waals surface area contributed by atoms with E-state index in [1.165, 1.54) is 6.20 Å². The van der Waals surface area contributed by atoms with Crippen molar-refractivity contribution in [1.82, 2.24) is 4.98 Å². The fourth-order valence-corrected chi connectivity index (χ4v) is 2.39. The van der Waals surface area contributed by atoms with Crippen LogP contribution in [0, 0.1) is 5.92 Å². The third-order valence-electron chi connectivity index (χ3n) is 3.60. The Morgan fingerprint density at radius 2 is 2.22 bits per heavy atom. The minimum Gasteiger partial charge on any atom is -0.497 e. The lowest BCUT2D eigenvalue weighted by molar-refractivity contribution is -0.121. The second kappa shape index (κ2) is 7.19. The lowest BCUT2D eigenvalue weighted by atomic mass is 9.95. The smallest absolute Gasteiger partial charge is 0.231 e. The zero-order chi connectivity index (χ0) is 15.5. The Hall–Kier alpha value is -2.47. The second-order valence-electron chi connectivity index (χ2n) is 5.15. The van der Waals surface area contributed by atoms with Crippen molar-refractivity contribution in [3.8, 4) is 11.5 Å². The number of nitrogen functional groups attached to an aromatic ring is 1. The Morgan fingerprint density at radius 3 is 2.91 bits per heavy atom. The van der Waals surface area contributed by atoms with E-state index < -0.39 is 0 Å². The standard InChI is InChI=1S/C16H17N3O3.ClH/c1-21-13-3-4-14-10(7-13)6-11(9-22-14)16(20)19-12-2-5-15(17)18-8-12;/h2-5,7-8,11H,6,9H2,1H3,(H2,17,18)(H,19,20);1H. The molecule has 1 unspecified atom stereocenters. The van der Waals surface area contributed by atoms with Crippen LogP contribution in [0.25, 0.3) is 0 Å². The number of fused-ring (bicyclic) bond motifs is 1. The van der Waals surface area contributed by atoms with Crippen LogP contribution >= 0.6 is 12.4 Å². The van der Waals surface area contributed by atoms with Crippen molar-refractivity contribution in [3.63, 3.8) is 0 Å². The van der Waals surface area contributed by atoms with E-state index in [-0.39, 0.29) is 24.2 Å². The third-order valence-corrected chi connectivity index (χ3v) is 3.60. The number of anilines is 2. The zero-order valence-electron chi connectivity index (χ0n) is 12.6. The summed E-state index contributed by atoms with van der Waals surface area (Å²) in [6.45, 7) is 0.355. The van der Waals surface area contributed by atoms with Crippen molar-refractivity contribution >= 4 is 29.8 Å². The summed E-state index contributed by atoms with van der Waals surface area (Å²) < 4.78 is 10.9. The molecule has 3 N–H and O–H groups in total. The van der Waals surface area contributed by atoms with Gasteiger partial charge < -0.3 is 20.5 Å². The summed E-state index contributed by atoms with van der Waals surface area (Å²) in [5.74, 6) is 1.63. The minimum absolute atomic E-state index is 0. The van der Waals surface area contributed by atoms with Crippen LogP contribution in [0.5, 0.6) is 11.5 Å². The second-order valence-corrected chi connectivity index (χ2v) is 5.15. The molecule has 1 amide bonds. The molecule has 7 heteroatoms. The maximum absolute atomic E-state index is 12.3. The van der Waals surface area contributed by atoms with E-state index in [4.69, 9.17) is 15.2 Å². The zero-order valence-corrected chi connectivity index (χ0v) is 13.4. The predicted molar refractivity (Wildman–Crippen MR) is 90.2 cm³/mol. The van der Waals surface area contributed by atoms with Crippen LogP contribution in [0.3, 0.4) is 0 Å². The summed E-state index contributed by atoms with van der Waals surface area (Å²) in [4.78, 5) is 16.3. The van der Waals surface area contributed by atoms with Gasteiger partial charge in [-0.3, -0.25) is 4.79 Å². The molecule has 1 aromatic heterocycles. The van der Waals surface area contributed by atoms with Crippen LogP contribution in [0.4, 0.5) is 11.5 Å². The van der Waals surface area contributed by atoms with Gasteiger partial charge >= 0.3 is 0 Å². The largest absolute Gasteiger partial charge is 0.497 e. The average molecular weight is 336 g/mol. The molecule has 0 radical (unpaired) electrons. The number of carbonyl (C=O) groups excluding carboxylic acids is 1. The first-order valence-corrected chi connectivity index (χ1v) is 6.98. The first kappa shape index (κ1) is 16.9. The quantitative estimate of drug-likeness (QED) is 0.898. The van der Waals surface area contributed by atoms with E-state index in [1.54, 1.807) is 19.2 Å². The number of rotatable bonds is 3. The number of carbonyl (C=O) groups is 1. The predicted octanol–water partition coefficient (Wildman–Crippen LogP) is 2.28. The van der Waals surface area contributed by atoms with Crippen molar-refractivity contribution in [2.75, 3.05) is 24.8 Å². The van der Waals surface area contributed by atoms with Gasteiger partial charge in [-0.25, -0.2) is 4.98 Å². The minimum atomic E-state index is -0.253. The monoisotopic (exact) mass is 335 g/mol. The number of aromatic nitrogens is 1. The van der Waals surface area contributed by atoms with E-state index in [1.807, 2.05) is 18.2 Å². The topological polar surface area (TPSA) is 86.5 Å². The lowest BCUT2D eigenvalue weighted by Crippen LogP contribution is -2.32. The third kappa shape index (κ3) is 3.84. The highest BCUT2D eigenvalue weighted by Gasteiger charge is 2.26. The fourth-order valence-electron chi connectivity index (χ4n) is 2.39. The molecule has 0 fully saturated rings. The van der Waals surface area contributed by atoms with Crippen LogP contribution in [-0.2, 0) is 11.2 Å². The van der Waals surface area contributed by atoms with Crippen LogP contribution < -0.4 is 20.5 Å². The average Bonchev–Trinajstić information content (AvgIpc) is 2.55. The van der Waals surface area contributed by atoms with Crippen molar-refractivity contribution < 1.29 is 14.3 Å². The number of hydrogen-bond donors (Lipinski definition) is 2. The number of methoxy groups -OCH3 is 1. The van der Waals surface area contributed by atoms with E-state index in [0.29, 0.717) is 24.5 Å². The highest BCUT2D eigenvalue weighted by molar-refractivity contribution is 5.93. The van der Waals surface area contributed by atoms with Crippen molar-refractivity contribution in [3.05, 3.63) is 42.1 Å².